The molecule has 6 nitrogen and oxygen atoms in total. The van der Waals surface area contributed by atoms with Gasteiger partial charge in [-0.25, -0.2) is 0 Å². The summed E-state index contributed by atoms with van der Waals surface area (Å²) in [6.45, 7) is 2.56. The molecular formula is C20H16Cl2N6. The van der Waals surface area contributed by atoms with Crippen molar-refractivity contribution in [2.24, 2.45) is 0 Å². The SMILES string of the molecule is Cc1ccc(-c2ncccc2CNc2nnnn2-c2cccc(Cl)c2Cl)cc1. The second-order valence-corrected chi connectivity index (χ2v) is 7.00. The Bertz CT molecular complexity index is 1110. The van der Waals surface area contributed by atoms with Gasteiger partial charge in [0, 0.05) is 18.3 Å². The maximum Gasteiger partial charge on any atom is 0.248 e. The third-order valence-electron chi connectivity index (χ3n) is 4.28. The molecule has 0 aliphatic heterocycles. The molecule has 28 heavy (non-hydrogen) atoms. The number of rotatable bonds is 5. The Morgan fingerprint density at radius 2 is 1.82 bits per heavy atom. The van der Waals surface area contributed by atoms with Gasteiger partial charge in [-0.15, -0.1) is 0 Å². The number of aromatic nitrogens is 5. The third-order valence-corrected chi connectivity index (χ3v) is 5.09. The molecule has 0 unspecified atom stereocenters. The Hall–Kier alpha value is -2.96. The monoisotopic (exact) mass is 410 g/mol. The summed E-state index contributed by atoms with van der Waals surface area (Å²) in [6, 6.07) is 17.5. The minimum Gasteiger partial charge on any atom is -0.349 e. The van der Waals surface area contributed by atoms with Gasteiger partial charge < -0.3 is 5.32 Å². The molecule has 4 rings (SSSR count). The van der Waals surface area contributed by atoms with Gasteiger partial charge in [-0.05, 0) is 41.1 Å². The molecule has 2 heterocycles. The van der Waals surface area contributed by atoms with Crippen LogP contribution in [-0.2, 0) is 6.54 Å². The Labute approximate surface area is 172 Å². The molecule has 0 spiro atoms. The molecule has 2 aromatic heterocycles. The first kappa shape index (κ1) is 18.4. The molecule has 0 aliphatic carbocycles. The topological polar surface area (TPSA) is 68.5 Å². The molecule has 140 valence electrons. The van der Waals surface area contributed by atoms with Crippen LogP contribution in [0.25, 0.3) is 16.9 Å². The fourth-order valence-corrected chi connectivity index (χ4v) is 3.22. The predicted molar refractivity (Wildman–Crippen MR) is 111 cm³/mol. The summed E-state index contributed by atoms with van der Waals surface area (Å²) in [4.78, 5) is 4.55. The second-order valence-electron chi connectivity index (χ2n) is 6.22. The fourth-order valence-electron chi connectivity index (χ4n) is 2.84. The highest BCUT2D eigenvalue weighted by Crippen LogP contribution is 2.29. The number of tetrazole rings is 1. The smallest absolute Gasteiger partial charge is 0.248 e. The zero-order chi connectivity index (χ0) is 19.5. The Balaban J connectivity index is 1.61. The number of halogens is 2. The summed E-state index contributed by atoms with van der Waals surface area (Å²) in [7, 11) is 0. The Morgan fingerprint density at radius 1 is 1.00 bits per heavy atom. The Morgan fingerprint density at radius 3 is 2.64 bits per heavy atom. The van der Waals surface area contributed by atoms with Crippen LogP contribution in [0.2, 0.25) is 10.0 Å². The first-order valence-electron chi connectivity index (χ1n) is 8.61. The van der Waals surface area contributed by atoms with Gasteiger partial charge in [0.05, 0.1) is 21.4 Å². The van der Waals surface area contributed by atoms with E-state index in [4.69, 9.17) is 23.2 Å². The van der Waals surface area contributed by atoms with Gasteiger partial charge in [-0.1, -0.05) is 70.3 Å². The van der Waals surface area contributed by atoms with E-state index < -0.39 is 0 Å². The summed E-state index contributed by atoms with van der Waals surface area (Å²) in [6.07, 6.45) is 1.79. The van der Waals surface area contributed by atoms with Crippen molar-refractivity contribution in [3.05, 3.63) is 82.0 Å². The highest BCUT2D eigenvalue weighted by atomic mass is 35.5. The largest absolute Gasteiger partial charge is 0.349 e. The predicted octanol–water partition coefficient (Wildman–Crippen LogP) is 4.95. The lowest BCUT2D eigenvalue weighted by Gasteiger charge is -2.12. The van der Waals surface area contributed by atoms with Crippen molar-refractivity contribution in [1.82, 2.24) is 25.2 Å². The van der Waals surface area contributed by atoms with E-state index in [0.29, 0.717) is 28.2 Å². The molecular weight excluding hydrogens is 395 g/mol. The number of aryl methyl sites for hydroxylation is 1. The minimum atomic E-state index is 0.390. The van der Waals surface area contributed by atoms with E-state index in [1.54, 1.807) is 24.4 Å². The van der Waals surface area contributed by atoms with Crippen LogP contribution in [0.1, 0.15) is 11.1 Å². The zero-order valence-electron chi connectivity index (χ0n) is 15.0. The fraction of sp³-hybridized carbons (Fsp3) is 0.100. The number of hydrogen-bond acceptors (Lipinski definition) is 5. The lowest BCUT2D eigenvalue weighted by atomic mass is 10.0. The number of hydrogen-bond donors (Lipinski definition) is 1. The number of anilines is 1. The maximum atomic E-state index is 6.31. The zero-order valence-corrected chi connectivity index (χ0v) is 16.5. The number of nitrogens with one attached hydrogen (secondary N) is 1. The van der Waals surface area contributed by atoms with Crippen LogP contribution in [0, 0.1) is 6.92 Å². The molecule has 4 aromatic rings. The van der Waals surface area contributed by atoms with E-state index in [0.717, 1.165) is 16.8 Å². The normalized spacial score (nSPS) is 10.8. The van der Waals surface area contributed by atoms with Crippen molar-refractivity contribution in [2.75, 3.05) is 5.32 Å². The van der Waals surface area contributed by atoms with Crippen LogP contribution in [0.15, 0.2) is 60.8 Å². The molecule has 0 amide bonds. The first-order valence-corrected chi connectivity index (χ1v) is 9.36. The summed E-state index contributed by atoms with van der Waals surface area (Å²) in [5.74, 6) is 0.461. The number of pyridine rings is 1. The molecule has 0 saturated carbocycles. The quantitative estimate of drug-likeness (QED) is 0.503. The highest BCUT2D eigenvalue weighted by Gasteiger charge is 2.14. The summed E-state index contributed by atoms with van der Waals surface area (Å²) in [5, 5.41) is 15.9. The molecule has 2 aromatic carbocycles. The summed E-state index contributed by atoms with van der Waals surface area (Å²) >= 11 is 12.4. The van der Waals surface area contributed by atoms with Crippen LogP contribution in [-0.4, -0.2) is 25.2 Å². The van der Waals surface area contributed by atoms with Gasteiger partial charge in [0.1, 0.15) is 0 Å². The van der Waals surface area contributed by atoms with Crippen LogP contribution in [0.5, 0.6) is 0 Å². The maximum absolute atomic E-state index is 6.31. The Kier molecular flexibility index (Phi) is 5.23. The number of nitrogens with zero attached hydrogens (tertiary/aromatic N) is 5. The third kappa shape index (κ3) is 3.69. The van der Waals surface area contributed by atoms with Crippen molar-refractivity contribution in [2.45, 2.75) is 13.5 Å². The molecule has 1 N–H and O–H groups in total. The first-order chi connectivity index (χ1) is 13.6. The minimum absolute atomic E-state index is 0.390. The van der Waals surface area contributed by atoms with E-state index in [9.17, 15) is 0 Å². The second kappa shape index (κ2) is 7.96. The molecule has 0 atom stereocenters. The van der Waals surface area contributed by atoms with Crippen LogP contribution in [0.3, 0.4) is 0 Å². The van der Waals surface area contributed by atoms with Gasteiger partial charge >= 0.3 is 0 Å². The van der Waals surface area contributed by atoms with E-state index in [1.807, 2.05) is 12.1 Å². The highest BCUT2D eigenvalue weighted by molar-refractivity contribution is 6.43. The van der Waals surface area contributed by atoms with Crippen molar-refractivity contribution >= 4 is 29.2 Å². The van der Waals surface area contributed by atoms with Crippen molar-refractivity contribution in [3.63, 3.8) is 0 Å². The standard InChI is InChI=1S/C20H16Cl2N6/c1-13-7-9-14(10-8-13)19-15(4-3-11-23-19)12-24-20-25-26-27-28(20)17-6-2-5-16(21)18(17)22/h2-11H,12H2,1H3,(H,24,25,27). The van der Waals surface area contributed by atoms with Gasteiger partial charge in [0.15, 0.2) is 0 Å². The summed E-state index contributed by atoms with van der Waals surface area (Å²) < 4.78 is 1.52. The molecule has 0 radical (unpaired) electrons. The average Bonchev–Trinajstić information content (AvgIpc) is 3.18. The molecule has 0 fully saturated rings. The average molecular weight is 411 g/mol. The van der Waals surface area contributed by atoms with Gasteiger partial charge in [0.25, 0.3) is 0 Å². The van der Waals surface area contributed by atoms with Crippen LogP contribution >= 0.6 is 23.2 Å². The van der Waals surface area contributed by atoms with Crippen molar-refractivity contribution in [3.8, 4) is 16.9 Å². The molecule has 0 bridgehead atoms. The van der Waals surface area contributed by atoms with Crippen LogP contribution in [0.4, 0.5) is 5.95 Å². The summed E-state index contributed by atoms with van der Waals surface area (Å²) in [5.41, 5.74) is 4.80. The van der Waals surface area contributed by atoms with Gasteiger partial charge in [-0.3, -0.25) is 4.98 Å². The lowest BCUT2D eigenvalue weighted by Crippen LogP contribution is -2.09. The van der Waals surface area contributed by atoms with E-state index in [1.165, 1.54) is 10.2 Å². The number of benzene rings is 2. The van der Waals surface area contributed by atoms with Gasteiger partial charge in [0.2, 0.25) is 5.95 Å². The molecule has 0 saturated heterocycles. The van der Waals surface area contributed by atoms with Crippen molar-refractivity contribution in [1.29, 1.82) is 0 Å². The van der Waals surface area contributed by atoms with Gasteiger partial charge in [-0.2, -0.15) is 4.68 Å². The van der Waals surface area contributed by atoms with Crippen molar-refractivity contribution < 1.29 is 0 Å². The van der Waals surface area contributed by atoms with Crippen LogP contribution < -0.4 is 5.32 Å². The molecule has 0 aliphatic rings. The van der Waals surface area contributed by atoms with E-state index in [2.05, 4.69) is 57.0 Å². The molecule has 8 heteroatoms. The lowest BCUT2D eigenvalue weighted by molar-refractivity contribution is 0.789. The van der Waals surface area contributed by atoms with E-state index in [-0.39, 0.29) is 0 Å². The van der Waals surface area contributed by atoms with E-state index >= 15 is 0 Å².